The molecule has 92 valence electrons. The first-order chi connectivity index (χ1) is 8.86. The molecule has 3 rings (SSSR count). The van der Waals surface area contributed by atoms with Crippen LogP contribution in [0.3, 0.4) is 0 Å². The molecule has 1 aliphatic carbocycles. The van der Waals surface area contributed by atoms with E-state index in [9.17, 15) is 0 Å². The largest absolute Gasteiger partial charge is 0.326 e. The van der Waals surface area contributed by atoms with Crippen LogP contribution in [0.25, 0.3) is 0 Å². The first kappa shape index (κ1) is 11.6. The van der Waals surface area contributed by atoms with Gasteiger partial charge in [-0.2, -0.15) is 0 Å². The van der Waals surface area contributed by atoms with Crippen molar-refractivity contribution in [3.05, 3.63) is 41.5 Å². The van der Waals surface area contributed by atoms with Gasteiger partial charge in [0.2, 0.25) is 0 Å². The average molecular weight is 258 g/mol. The van der Waals surface area contributed by atoms with Crippen LogP contribution < -0.4 is 5.73 Å². The maximum absolute atomic E-state index is 5.81. The Hall–Kier alpha value is -1.46. The Morgan fingerprint density at radius 2 is 2.28 bits per heavy atom. The van der Waals surface area contributed by atoms with Crippen LogP contribution in [-0.4, -0.2) is 15.0 Å². The van der Waals surface area contributed by atoms with E-state index < -0.39 is 0 Å². The summed E-state index contributed by atoms with van der Waals surface area (Å²) in [5.41, 5.74) is 9.51. The molecule has 0 aliphatic heterocycles. The molecule has 0 amide bonds. The number of nitrogens with two attached hydrogens (primary N) is 1. The molecule has 18 heavy (non-hydrogen) atoms. The zero-order valence-electron chi connectivity index (χ0n) is 9.97. The fourth-order valence-corrected chi connectivity index (χ4v) is 3.03. The van der Waals surface area contributed by atoms with Gasteiger partial charge >= 0.3 is 0 Å². The minimum Gasteiger partial charge on any atom is -0.326 e. The predicted molar refractivity (Wildman–Crippen MR) is 70.3 cm³/mol. The van der Waals surface area contributed by atoms with Gasteiger partial charge in [0.1, 0.15) is 16.4 Å². The van der Waals surface area contributed by atoms with Crippen LogP contribution in [0, 0.1) is 0 Å². The summed E-state index contributed by atoms with van der Waals surface area (Å²) in [6, 6.07) is 4.10. The Balaban J connectivity index is 1.96. The lowest BCUT2D eigenvalue weighted by Crippen LogP contribution is -2.03. The quantitative estimate of drug-likeness (QED) is 0.853. The van der Waals surface area contributed by atoms with E-state index >= 15 is 0 Å². The standard InChI is InChI=1S/C13H14N4S/c14-7-10-6-9-2-1-3-11(9)17-13(10)18-12-4-5-15-8-16-12/h4-6,8H,1-3,7,14H2. The van der Waals surface area contributed by atoms with Crippen LogP contribution in [0.15, 0.2) is 34.7 Å². The third-order valence-corrected chi connectivity index (χ3v) is 4.06. The predicted octanol–water partition coefficient (Wildman–Crippen LogP) is 1.97. The molecule has 0 bridgehead atoms. The molecule has 0 spiro atoms. The van der Waals surface area contributed by atoms with Gasteiger partial charge < -0.3 is 5.73 Å². The van der Waals surface area contributed by atoms with Crippen LogP contribution in [0.1, 0.15) is 23.2 Å². The number of pyridine rings is 1. The highest BCUT2D eigenvalue weighted by Crippen LogP contribution is 2.31. The highest BCUT2D eigenvalue weighted by Gasteiger charge is 2.16. The van der Waals surface area contributed by atoms with E-state index in [1.807, 2.05) is 6.07 Å². The van der Waals surface area contributed by atoms with Gasteiger partial charge in [-0.25, -0.2) is 15.0 Å². The SMILES string of the molecule is NCc1cc2c(nc1Sc1ccncn1)CCC2. The fraction of sp³-hybridized carbons (Fsp3) is 0.308. The van der Waals surface area contributed by atoms with E-state index in [2.05, 4.69) is 16.0 Å². The summed E-state index contributed by atoms with van der Waals surface area (Å²) in [6.07, 6.45) is 6.71. The molecule has 0 radical (unpaired) electrons. The lowest BCUT2D eigenvalue weighted by molar-refractivity contribution is 0.883. The Labute approximate surface area is 110 Å². The molecule has 5 heteroatoms. The van der Waals surface area contributed by atoms with Crippen molar-refractivity contribution in [1.82, 2.24) is 15.0 Å². The number of fused-ring (bicyclic) bond motifs is 1. The second kappa shape index (κ2) is 5.04. The molecule has 0 saturated heterocycles. The highest BCUT2D eigenvalue weighted by molar-refractivity contribution is 7.99. The maximum Gasteiger partial charge on any atom is 0.116 e. The molecule has 4 nitrogen and oxygen atoms in total. The van der Waals surface area contributed by atoms with Crippen LogP contribution in [0.2, 0.25) is 0 Å². The van der Waals surface area contributed by atoms with E-state index in [1.54, 1.807) is 24.3 Å². The number of aromatic nitrogens is 3. The molecule has 2 aromatic heterocycles. The Morgan fingerprint density at radius 1 is 1.33 bits per heavy atom. The average Bonchev–Trinajstić information content (AvgIpc) is 2.86. The fourth-order valence-electron chi connectivity index (χ4n) is 2.17. The summed E-state index contributed by atoms with van der Waals surface area (Å²) >= 11 is 1.56. The molecular formula is C13H14N4S. The summed E-state index contributed by atoms with van der Waals surface area (Å²) in [7, 11) is 0. The van der Waals surface area contributed by atoms with Crippen LogP contribution in [0.5, 0.6) is 0 Å². The normalized spacial score (nSPS) is 13.6. The summed E-state index contributed by atoms with van der Waals surface area (Å²) in [5.74, 6) is 0. The van der Waals surface area contributed by atoms with Crippen LogP contribution >= 0.6 is 11.8 Å². The monoisotopic (exact) mass is 258 g/mol. The summed E-state index contributed by atoms with van der Waals surface area (Å²) in [4.78, 5) is 12.9. The van der Waals surface area contributed by atoms with E-state index in [1.165, 1.54) is 17.7 Å². The third-order valence-electron chi connectivity index (χ3n) is 3.07. The van der Waals surface area contributed by atoms with Crippen molar-refractivity contribution in [2.45, 2.75) is 35.9 Å². The van der Waals surface area contributed by atoms with Crippen molar-refractivity contribution in [2.75, 3.05) is 0 Å². The van der Waals surface area contributed by atoms with Crippen molar-refractivity contribution >= 4 is 11.8 Å². The molecule has 2 heterocycles. The van der Waals surface area contributed by atoms with Gasteiger partial charge in [0.05, 0.1) is 0 Å². The van der Waals surface area contributed by atoms with Crippen molar-refractivity contribution in [3.63, 3.8) is 0 Å². The molecule has 0 atom stereocenters. The smallest absolute Gasteiger partial charge is 0.116 e. The molecular weight excluding hydrogens is 244 g/mol. The van der Waals surface area contributed by atoms with Crippen LogP contribution in [-0.2, 0) is 19.4 Å². The van der Waals surface area contributed by atoms with Gasteiger partial charge in [-0.1, -0.05) is 6.07 Å². The molecule has 1 aliphatic rings. The van der Waals surface area contributed by atoms with Gasteiger partial charge in [-0.05, 0) is 48.2 Å². The van der Waals surface area contributed by atoms with E-state index in [4.69, 9.17) is 10.7 Å². The van der Waals surface area contributed by atoms with Crippen molar-refractivity contribution < 1.29 is 0 Å². The van der Waals surface area contributed by atoms with E-state index in [0.717, 1.165) is 28.5 Å². The number of aryl methyl sites for hydroxylation is 2. The Kier molecular flexibility index (Phi) is 3.25. The van der Waals surface area contributed by atoms with E-state index in [-0.39, 0.29) is 0 Å². The Morgan fingerprint density at radius 3 is 3.06 bits per heavy atom. The van der Waals surface area contributed by atoms with Crippen molar-refractivity contribution in [3.8, 4) is 0 Å². The summed E-state index contributed by atoms with van der Waals surface area (Å²) in [5, 5.41) is 1.89. The van der Waals surface area contributed by atoms with Crippen LogP contribution in [0.4, 0.5) is 0 Å². The van der Waals surface area contributed by atoms with Crippen molar-refractivity contribution in [1.29, 1.82) is 0 Å². The van der Waals surface area contributed by atoms with Gasteiger partial charge in [-0.3, -0.25) is 0 Å². The number of hydrogen-bond acceptors (Lipinski definition) is 5. The first-order valence-electron chi connectivity index (χ1n) is 6.02. The van der Waals surface area contributed by atoms with Gasteiger partial charge in [0.25, 0.3) is 0 Å². The zero-order valence-corrected chi connectivity index (χ0v) is 10.8. The first-order valence-corrected chi connectivity index (χ1v) is 6.84. The zero-order chi connectivity index (χ0) is 12.4. The maximum atomic E-state index is 5.81. The van der Waals surface area contributed by atoms with Gasteiger partial charge in [-0.15, -0.1) is 0 Å². The van der Waals surface area contributed by atoms with Gasteiger partial charge in [0.15, 0.2) is 0 Å². The Bertz CT molecular complexity index is 556. The molecule has 0 aromatic carbocycles. The number of hydrogen-bond donors (Lipinski definition) is 1. The van der Waals surface area contributed by atoms with Gasteiger partial charge in [0, 0.05) is 18.4 Å². The molecule has 2 N–H and O–H groups in total. The lowest BCUT2D eigenvalue weighted by atomic mass is 10.1. The number of rotatable bonds is 3. The second-order valence-electron chi connectivity index (χ2n) is 4.27. The summed E-state index contributed by atoms with van der Waals surface area (Å²) < 4.78 is 0. The minimum absolute atomic E-state index is 0.522. The topological polar surface area (TPSA) is 64.7 Å². The highest BCUT2D eigenvalue weighted by atomic mass is 32.2. The molecule has 0 fully saturated rings. The molecule has 2 aromatic rings. The minimum atomic E-state index is 0.522. The third kappa shape index (κ3) is 2.23. The molecule has 0 unspecified atom stereocenters. The second-order valence-corrected chi connectivity index (χ2v) is 5.27. The lowest BCUT2D eigenvalue weighted by Gasteiger charge is -2.09. The van der Waals surface area contributed by atoms with Crippen molar-refractivity contribution in [2.24, 2.45) is 5.73 Å². The van der Waals surface area contributed by atoms with E-state index in [0.29, 0.717) is 6.54 Å². The number of nitrogens with zero attached hydrogens (tertiary/aromatic N) is 3. The molecule has 0 saturated carbocycles. The summed E-state index contributed by atoms with van der Waals surface area (Å²) in [6.45, 7) is 0.522.